The van der Waals surface area contributed by atoms with Crippen LogP contribution < -0.4 is 5.32 Å². The Kier molecular flexibility index (Phi) is 4.69. The summed E-state index contributed by atoms with van der Waals surface area (Å²) in [4.78, 5) is 11.2. The summed E-state index contributed by atoms with van der Waals surface area (Å²) in [6.45, 7) is 4.64. The number of hydrogen-bond acceptors (Lipinski definition) is 3. The average Bonchev–Trinajstić information content (AvgIpc) is 2.70. The van der Waals surface area contributed by atoms with Gasteiger partial charge in [-0.05, 0) is 38.8 Å². The number of rotatable bonds is 7. The summed E-state index contributed by atoms with van der Waals surface area (Å²) in [5, 5.41) is 16.3. The van der Waals surface area contributed by atoms with E-state index in [0.29, 0.717) is 12.8 Å². The molecule has 0 spiro atoms. The second-order valence-electron chi connectivity index (χ2n) is 4.38. The first-order valence-electron chi connectivity index (χ1n) is 5.95. The first kappa shape index (κ1) is 13.7. The molecular weight excluding hydrogens is 218 g/mol. The average molecular weight is 239 g/mol. The Morgan fingerprint density at radius 2 is 2.35 bits per heavy atom. The molecule has 1 unspecified atom stereocenters. The number of aliphatic carboxylic acids is 1. The predicted molar refractivity (Wildman–Crippen MR) is 65.9 cm³/mol. The van der Waals surface area contributed by atoms with Gasteiger partial charge in [0.05, 0.1) is 6.20 Å². The fraction of sp³-hybridized carbons (Fsp3) is 0.667. The van der Waals surface area contributed by atoms with Gasteiger partial charge in [0.2, 0.25) is 0 Å². The summed E-state index contributed by atoms with van der Waals surface area (Å²) in [6.07, 6.45) is 5.75. The van der Waals surface area contributed by atoms with Crippen LogP contribution in [0.15, 0.2) is 12.4 Å². The van der Waals surface area contributed by atoms with Crippen molar-refractivity contribution in [2.75, 3.05) is 7.05 Å². The third-order valence-corrected chi connectivity index (χ3v) is 3.24. The molecule has 96 valence electrons. The highest BCUT2D eigenvalue weighted by molar-refractivity contribution is 5.78. The van der Waals surface area contributed by atoms with Gasteiger partial charge < -0.3 is 10.4 Å². The van der Waals surface area contributed by atoms with E-state index in [2.05, 4.69) is 10.4 Å². The fourth-order valence-corrected chi connectivity index (χ4v) is 1.98. The van der Waals surface area contributed by atoms with Gasteiger partial charge in [-0.1, -0.05) is 6.92 Å². The largest absolute Gasteiger partial charge is 0.480 e. The smallest absolute Gasteiger partial charge is 0.323 e. The number of carboxylic acid groups (broad SMARTS) is 1. The quantitative estimate of drug-likeness (QED) is 0.755. The second kappa shape index (κ2) is 5.82. The number of aromatic nitrogens is 2. The molecular formula is C12H21N3O2. The van der Waals surface area contributed by atoms with Gasteiger partial charge >= 0.3 is 5.97 Å². The maximum atomic E-state index is 11.2. The van der Waals surface area contributed by atoms with Gasteiger partial charge in [0.25, 0.3) is 0 Å². The zero-order valence-corrected chi connectivity index (χ0v) is 10.7. The molecule has 0 aliphatic carbocycles. The molecule has 0 aliphatic rings. The molecule has 0 radical (unpaired) electrons. The lowest BCUT2D eigenvalue weighted by atomic mass is 9.90. The molecule has 0 saturated heterocycles. The maximum Gasteiger partial charge on any atom is 0.323 e. The Bertz CT molecular complexity index is 370. The maximum absolute atomic E-state index is 11.2. The Balaban J connectivity index is 2.50. The molecule has 1 aromatic rings. The number of nitrogens with one attached hydrogen (secondary N) is 1. The lowest BCUT2D eigenvalue weighted by Crippen LogP contribution is -2.49. The molecule has 1 atom stereocenters. The first-order valence-corrected chi connectivity index (χ1v) is 5.95. The van der Waals surface area contributed by atoms with Gasteiger partial charge in [-0.2, -0.15) is 5.10 Å². The number of aryl methyl sites for hydroxylation is 2. The zero-order chi connectivity index (χ0) is 12.9. The summed E-state index contributed by atoms with van der Waals surface area (Å²) in [6, 6.07) is 0. The van der Waals surface area contributed by atoms with Crippen LogP contribution in [0.2, 0.25) is 0 Å². The zero-order valence-electron chi connectivity index (χ0n) is 10.7. The van der Waals surface area contributed by atoms with Crippen molar-refractivity contribution in [1.29, 1.82) is 0 Å². The normalized spacial score (nSPS) is 14.5. The SMILES string of the molecule is CCC(CCCn1cc(C)cn1)(NC)C(=O)O. The molecule has 0 aliphatic heterocycles. The first-order chi connectivity index (χ1) is 8.04. The summed E-state index contributed by atoms with van der Waals surface area (Å²) >= 11 is 0. The van der Waals surface area contributed by atoms with E-state index >= 15 is 0 Å². The van der Waals surface area contributed by atoms with E-state index in [9.17, 15) is 9.90 Å². The molecule has 0 fully saturated rings. The number of hydrogen-bond donors (Lipinski definition) is 2. The molecule has 1 rings (SSSR count). The van der Waals surface area contributed by atoms with Crippen LogP contribution in [0.25, 0.3) is 0 Å². The highest BCUT2D eigenvalue weighted by Gasteiger charge is 2.34. The fourth-order valence-electron chi connectivity index (χ4n) is 1.98. The van der Waals surface area contributed by atoms with E-state index in [-0.39, 0.29) is 0 Å². The van der Waals surface area contributed by atoms with Crippen molar-refractivity contribution in [2.45, 2.75) is 45.2 Å². The van der Waals surface area contributed by atoms with E-state index in [4.69, 9.17) is 0 Å². The lowest BCUT2D eigenvalue weighted by molar-refractivity contribution is -0.145. The second-order valence-corrected chi connectivity index (χ2v) is 4.38. The Morgan fingerprint density at radius 3 is 2.76 bits per heavy atom. The standard InChI is InChI=1S/C12H21N3O2/c1-4-12(13-3,11(16)17)6-5-7-15-9-10(2)8-14-15/h8-9,13H,4-7H2,1-3H3,(H,16,17). The monoisotopic (exact) mass is 239 g/mol. The van der Waals surface area contributed by atoms with Crippen LogP contribution in [0, 0.1) is 6.92 Å². The minimum Gasteiger partial charge on any atom is -0.480 e. The van der Waals surface area contributed by atoms with E-state index < -0.39 is 11.5 Å². The van der Waals surface area contributed by atoms with Gasteiger partial charge in [0.15, 0.2) is 0 Å². The van der Waals surface area contributed by atoms with Crippen molar-refractivity contribution in [2.24, 2.45) is 0 Å². The molecule has 17 heavy (non-hydrogen) atoms. The summed E-state index contributed by atoms with van der Waals surface area (Å²) in [7, 11) is 1.70. The van der Waals surface area contributed by atoms with Crippen LogP contribution in [-0.2, 0) is 11.3 Å². The van der Waals surface area contributed by atoms with Crippen molar-refractivity contribution < 1.29 is 9.90 Å². The molecule has 0 bridgehead atoms. The van der Waals surface area contributed by atoms with Crippen molar-refractivity contribution in [3.63, 3.8) is 0 Å². The van der Waals surface area contributed by atoms with Gasteiger partial charge in [-0.15, -0.1) is 0 Å². The van der Waals surface area contributed by atoms with E-state index in [0.717, 1.165) is 18.5 Å². The Morgan fingerprint density at radius 1 is 1.65 bits per heavy atom. The Hall–Kier alpha value is -1.36. The molecule has 5 heteroatoms. The van der Waals surface area contributed by atoms with Crippen molar-refractivity contribution in [3.05, 3.63) is 18.0 Å². The topological polar surface area (TPSA) is 67.2 Å². The Labute approximate surface area is 102 Å². The summed E-state index contributed by atoms with van der Waals surface area (Å²) < 4.78 is 1.85. The van der Waals surface area contributed by atoms with Crippen LogP contribution in [-0.4, -0.2) is 33.4 Å². The minimum atomic E-state index is -0.803. The summed E-state index contributed by atoms with van der Waals surface area (Å²) in [5.74, 6) is -0.779. The predicted octanol–water partition coefficient (Wildman–Crippen LogP) is 1.42. The minimum absolute atomic E-state index is 0.580. The van der Waals surface area contributed by atoms with Gasteiger partial charge in [0, 0.05) is 12.7 Å². The number of carboxylic acids is 1. The van der Waals surface area contributed by atoms with Crippen molar-refractivity contribution in [1.82, 2.24) is 15.1 Å². The van der Waals surface area contributed by atoms with Crippen LogP contribution in [0.3, 0.4) is 0 Å². The van der Waals surface area contributed by atoms with Gasteiger partial charge in [0.1, 0.15) is 5.54 Å². The van der Waals surface area contributed by atoms with E-state index in [1.54, 1.807) is 7.05 Å². The van der Waals surface area contributed by atoms with Crippen molar-refractivity contribution in [3.8, 4) is 0 Å². The molecule has 2 N–H and O–H groups in total. The van der Waals surface area contributed by atoms with Crippen LogP contribution in [0.1, 0.15) is 31.7 Å². The van der Waals surface area contributed by atoms with Crippen molar-refractivity contribution >= 4 is 5.97 Å². The molecule has 0 saturated carbocycles. The van der Waals surface area contributed by atoms with E-state index in [1.807, 2.05) is 30.9 Å². The number of nitrogens with zero attached hydrogens (tertiary/aromatic N) is 2. The number of carbonyl (C=O) groups is 1. The van der Waals surface area contributed by atoms with Gasteiger partial charge in [-0.3, -0.25) is 9.48 Å². The third kappa shape index (κ3) is 3.30. The van der Waals surface area contributed by atoms with Gasteiger partial charge in [-0.25, -0.2) is 0 Å². The molecule has 0 amide bonds. The highest BCUT2D eigenvalue weighted by atomic mass is 16.4. The molecule has 1 aromatic heterocycles. The molecule has 1 heterocycles. The van der Waals surface area contributed by atoms with E-state index in [1.165, 1.54) is 0 Å². The molecule has 0 aromatic carbocycles. The number of likely N-dealkylation sites (N-methyl/N-ethyl adjacent to an activating group) is 1. The van der Waals surface area contributed by atoms with Crippen LogP contribution >= 0.6 is 0 Å². The van der Waals surface area contributed by atoms with Crippen LogP contribution in [0.5, 0.6) is 0 Å². The molecule has 5 nitrogen and oxygen atoms in total. The summed E-state index contributed by atoms with van der Waals surface area (Å²) in [5.41, 5.74) is 0.320. The highest BCUT2D eigenvalue weighted by Crippen LogP contribution is 2.18. The lowest BCUT2D eigenvalue weighted by Gasteiger charge is -2.27. The third-order valence-electron chi connectivity index (χ3n) is 3.24. The van der Waals surface area contributed by atoms with Crippen LogP contribution in [0.4, 0.5) is 0 Å².